The number of carbonyl (C=O) groups is 3. The first kappa shape index (κ1) is 16.4. The molecule has 3 N–H and O–H groups in total. The van der Waals surface area contributed by atoms with E-state index < -0.39 is 5.97 Å². The minimum atomic E-state index is -0.751. The number of aliphatic carboxylic acids is 1. The first-order valence-electron chi connectivity index (χ1n) is 6.84. The molecule has 0 bridgehead atoms. The molecule has 114 valence electrons. The Morgan fingerprint density at radius 1 is 1.10 bits per heavy atom. The highest BCUT2D eigenvalue weighted by Crippen LogP contribution is 2.26. The molecule has 0 aromatic carbocycles. The van der Waals surface area contributed by atoms with Crippen molar-refractivity contribution in [1.29, 1.82) is 0 Å². The summed E-state index contributed by atoms with van der Waals surface area (Å²) in [5.41, 5.74) is 0. The minimum Gasteiger partial charge on any atom is -0.481 e. The maximum Gasteiger partial charge on any atom is 0.306 e. The highest BCUT2D eigenvalue weighted by molar-refractivity contribution is 5.77. The Bertz CT molecular complexity index is 351. The zero-order valence-corrected chi connectivity index (χ0v) is 11.7. The second-order valence-electron chi connectivity index (χ2n) is 4.96. The zero-order valence-electron chi connectivity index (χ0n) is 11.7. The Labute approximate surface area is 118 Å². The van der Waals surface area contributed by atoms with Gasteiger partial charge in [-0.2, -0.15) is 0 Å². The van der Waals surface area contributed by atoms with Crippen molar-refractivity contribution in [2.75, 3.05) is 19.7 Å². The maximum atomic E-state index is 11.5. The van der Waals surface area contributed by atoms with E-state index in [0.717, 1.165) is 0 Å². The summed E-state index contributed by atoms with van der Waals surface area (Å²) >= 11 is 0. The van der Waals surface area contributed by atoms with Crippen molar-refractivity contribution < 1.29 is 24.2 Å². The van der Waals surface area contributed by atoms with Gasteiger partial charge in [-0.15, -0.1) is 0 Å². The van der Waals surface area contributed by atoms with Crippen LogP contribution in [0.1, 0.15) is 32.6 Å². The molecular formula is C13H22N2O5. The number of ether oxygens (including phenoxy) is 1. The molecule has 2 amide bonds. The predicted octanol–water partition coefficient (Wildman–Crippen LogP) is -0.101. The fourth-order valence-corrected chi connectivity index (χ4v) is 2.16. The van der Waals surface area contributed by atoms with Crippen LogP contribution in [0.2, 0.25) is 0 Å². The van der Waals surface area contributed by atoms with Crippen LogP contribution in [-0.4, -0.2) is 48.7 Å². The van der Waals surface area contributed by atoms with Gasteiger partial charge in [0.05, 0.1) is 12.0 Å². The van der Waals surface area contributed by atoms with E-state index in [0.29, 0.717) is 38.8 Å². The van der Waals surface area contributed by atoms with E-state index in [1.54, 1.807) is 0 Å². The van der Waals surface area contributed by atoms with Gasteiger partial charge in [-0.25, -0.2) is 0 Å². The van der Waals surface area contributed by atoms with Crippen LogP contribution in [0.25, 0.3) is 0 Å². The number of hydrogen-bond donors (Lipinski definition) is 3. The van der Waals surface area contributed by atoms with Gasteiger partial charge in [0, 0.05) is 20.0 Å². The highest BCUT2D eigenvalue weighted by Gasteiger charge is 2.26. The molecule has 0 aromatic rings. The van der Waals surface area contributed by atoms with Crippen molar-refractivity contribution in [3.63, 3.8) is 0 Å². The second-order valence-corrected chi connectivity index (χ2v) is 4.96. The van der Waals surface area contributed by atoms with Crippen molar-refractivity contribution in [2.24, 2.45) is 5.92 Å². The molecule has 0 atom stereocenters. The fraction of sp³-hybridized carbons (Fsp3) is 0.769. The summed E-state index contributed by atoms with van der Waals surface area (Å²) < 4.78 is 5.46. The Hall–Kier alpha value is -1.63. The van der Waals surface area contributed by atoms with Gasteiger partial charge in [0.15, 0.2) is 0 Å². The van der Waals surface area contributed by atoms with E-state index in [1.165, 1.54) is 6.92 Å². The topological polar surface area (TPSA) is 105 Å². The molecule has 0 aliphatic heterocycles. The van der Waals surface area contributed by atoms with Crippen LogP contribution in [0.4, 0.5) is 0 Å². The minimum absolute atomic E-state index is 0.0253. The quantitative estimate of drug-likeness (QED) is 0.567. The first-order chi connectivity index (χ1) is 9.49. The van der Waals surface area contributed by atoms with Crippen molar-refractivity contribution in [3.05, 3.63) is 0 Å². The Balaban J connectivity index is 2.07. The Kier molecular flexibility index (Phi) is 7.00. The summed E-state index contributed by atoms with van der Waals surface area (Å²) in [6.45, 7) is 2.15. The van der Waals surface area contributed by atoms with E-state index in [1.807, 2.05) is 0 Å². The molecule has 7 nitrogen and oxygen atoms in total. The van der Waals surface area contributed by atoms with E-state index in [4.69, 9.17) is 9.84 Å². The van der Waals surface area contributed by atoms with Gasteiger partial charge >= 0.3 is 5.97 Å². The molecule has 1 aliphatic carbocycles. The van der Waals surface area contributed by atoms with Crippen molar-refractivity contribution in [3.8, 4) is 0 Å². The average molecular weight is 286 g/mol. The lowest BCUT2D eigenvalue weighted by Gasteiger charge is -2.25. The summed E-state index contributed by atoms with van der Waals surface area (Å²) in [6.07, 6.45) is 2.52. The molecule has 0 aromatic heterocycles. The van der Waals surface area contributed by atoms with E-state index in [9.17, 15) is 14.4 Å². The lowest BCUT2D eigenvalue weighted by molar-refractivity contribution is -0.144. The SMILES string of the molecule is CC(=O)NCCNC(=O)COC1CCC(C(=O)O)CC1. The van der Waals surface area contributed by atoms with Crippen LogP contribution >= 0.6 is 0 Å². The van der Waals surface area contributed by atoms with Crippen LogP contribution in [0.5, 0.6) is 0 Å². The summed E-state index contributed by atoms with van der Waals surface area (Å²) in [5.74, 6) is -1.39. The number of nitrogens with one attached hydrogen (secondary N) is 2. The normalized spacial score (nSPS) is 22.1. The summed E-state index contributed by atoms with van der Waals surface area (Å²) in [6, 6.07) is 0. The van der Waals surface area contributed by atoms with Gasteiger partial charge in [-0.05, 0) is 25.7 Å². The highest BCUT2D eigenvalue weighted by atomic mass is 16.5. The van der Waals surface area contributed by atoms with Gasteiger partial charge in [0.2, 0.25) is 11.8 Å². The third-order valence-corrected chi connectivity index (χ3v) is 3.29. The van der Waals surface area contributed by atoms with Crippen molar-refractivity contribution in [1.82, 2.24) is 10.6 Å². The molecule has 0 spiro atoms. The first-order valence-corrected chi connectivity index (χ1v) is 6.84. The van der Waals surface area contributed by atoms with Gasteiger partial charge in [-0.1, -0.05) is 0 Å². The third kappa shape index (κ3) is 6.51. The standard InChI is InChI=1S/C13H22N2O5/c1-9(16)14-6-7-15-12(17)8-20-11-4-2-10(3-5-11)13(18)19/h10-11H,2-8H2,1H3,(H,14,16)(H,15,17)(H,18,19). The predicted molar refractivity (Wildman–Crippen MR) is 71.0 cm³/mol. The average Bonchev–Trinajstić information content (AvgIpc) is 2.41. The number of hydrogen-bond acceptors (Lipinski definition) is 4. The summed E-state index contributed by atoms with van der Waals surface area (Å²) in [5, 5.41) is 14.1. The third-order valence-electron chi connectivity index (χ3n) is 3.29. The molecular weight excluding hydrogens is 264 g/mol. The van der Waals surface area contributed by atoms with Crippen LogP contribution < -0.4 is 10.6 Å². The zero-order chi connectivity index (χ0) is 15.0. The Morgan fingerprint density at radius 2 is 1.70 bits per heavy atom. The molecule has 1 aliphatic rings. The molecule has 20 heavy (non-hydrogen) atoms. The van der Waals surface area contributed by atoms with Gasteiger partial charge < -0.3 is 20.5 Å². The molecule has 0 heterocycles. The molecule has 1 rings (SSSR count). The molecule has 0 unspecified atom stereocenters. The molecule has 0 radical (unpaired) electrons. The van der Waals surface area contributed by atoms with E-state index in [-0.39, 0.29) is 30.4 Å². The summed E-state index contributed by atoms with van der Waals surface area (Å²) in [7, 11) is 0. The number of carboxylic acids is 1. The molecule has 0 saturated heterocycles. The van der Waals surface area contributed by atoms with Gasteiger partial charge in [0.1, 0.15) is 6.61 Å². The largest absolute Gasteiger partial charge is 0.481 e. The van der Waals surface area contributed by atoms with Crippen LogP contribution in [0, 0.1) is 5.92 Å². The monoisotopic (exact) mass is 286 g/mol. The van der Waals surface area contributed by atoms with Crippen molar-refractivity contribution >= 4 is 17.8 Å². The van der Waals surface area contributed by atoms with Gasteiger partial charge in [-0.3, -0.25) is 14.4 Å². The van der Waals surface area contributed by atoms with Gasteiger partial charge in [0.25, 0.3) is 0 Å². The van der Waals surface area contributed by atoms with Crippen LogP contribution in [0.15, 0.2) is 0 Å². The van der Waals surface area contributed by atoms with Crippen molar-refractivity contribution in [2.45, 2.75) is 38.7 Å². The number of carboxylic acid groups (broad SMARTS) is 1. The fourth-order valence-electron chi connectivity index (χ4n) is 2.16. The smallest absolute Gasteiger partial charge is 0.306 e. The van der Waals surface area contributed by atoms with E-state index in [2.05, 4.69) is 10.6 Å². The maximum absolute atomic E-state index is 11.5. The lowest BCUT2D eigenvalue weighted by atomic mass is 9.87. The molecule has 1 fully saturated rings. The van der Waals surface area contributed by atoms with Crippen LogP contribution in [0.3, 0.4) is 0 Å². The van der Waals surface area contributed by atoms with Crippen LogP contribution in [-0.2, 0) is 19.1 Å². The number of carbonyl (C=O) groups excluding carboxylic acids is 2. The number of rotatable bonds is 7. The number of amides is 2. The second kappa shape index (κ2) is 8.52. The Morgan fingerprint density at radius 3 is 2.25 bits per heavy atom. The molecule has 7 heteroatoms. The van der Waals surface area contributed by atoms with E-state index >= 15 is 0 Å². The lowest BCUT2D eigenvalue weighted by Crippen LogP contribution is -2.36. The molecule has 1 saturated carbocycles. The summed E-state index contributed by atoms with van der Waals surface area (Å²) in [4.78, 5) is 32.9.